The van der Waals surface area contributed by atoms with Crippen molar-refractivity contribution >= 4 is 116 Å². The Hall–Kier alpha value is -1.22. The molecule has 2 aromatic carbocycles. The molecule has 2 fully saturated rings. The number of fused-ring (bicyclic) bond motifs is 5. The number of carbonyl (C=O) groups excluding carboxylic acids is 4. The van der Waals surface area contributed by atoms with Gasteiger partial charge in [-0.25, -0.2) is 5.01 Å². The minimum absolute atomic E-state index is 0.0741. The number of ketones is 1. The SMILES string of the molecule is O=C(CN(C(=O)c1ccc(Cl)cc1Cl)N1C(=O)[C@@H]2[C@@H](C1=O)[C@@]1(Cl)C(Cl)=C(Cl)[C@@]2(Cl)C1(Cl)Cl)c1ccccc1. The van der Waals surface area contributed by atoms with E-state index in [0.717, 1.165) is 0 Å². The molecular formula is C24H12Cl8N2O4. The lowest BCUT2D eigenvalue weighted by molar-refractivity contribution is -0.154. The summed E-state index contributed by atoms with van der Waals surface area (Å²) in [7, 11) is 0. The summed E-state index contributed by atoms with van der Waals surface area (Å²) >= 11 is 51.5. The van der Waals surface area contributed by atoms with Crippen LogP contribution in [0.5, 0.6) is 0 Å². The highest BCUT2D eigenvalue weighted by Gasteiger charge is 2.88. The van der Waals surface area contributed by atoms with Crippen LogP contribution < -0.4 is 0 Å². The second-order valence-corrected chi connectivity index (χ2v) is 13.0. The van der Waals surface area contributed by atoms with Gasteiger partial charge in [0.15, 0.2) is 10.1 Å². The van der Waals surface area contributed by atoms with Crippen molar-refractivity contribution in [3.05, 3.63) is 79.8 Å². The standard InChI is InChI=1S/C24H12Cl8N2O4/c25-11-6-7-12(13(26)8-11)19(36)33(9-14(35)10-4-2-1-3-5-10)34-20(37)15-16(21(34)38)23(30)18(28)17(27)22(15,29)24(23,31)32/h1-8,15-16H,9H2/t15-,16-,22+,23+/m0/s1. The van der Waals surface area contributed by atoms with Gasteiger partial charge >= 0.3 is 0 Å². The zero-order chi connectivity index (χ0) is 27.9. The van der Waals surface area contributed by atoms with Crippen LogP contribution in [0.2, 0.25) is 10.0 Å². The van der Waals surface area contributed by atoms with E-state index in [9.17, 15) is 19.2 Å². The van der Waals surface area contributed by atoms with Gasteiger partial charge in [-0.1, -0.05) is 99.9 Å². The molecule has 38 heavy (non-hydrogen) atoms. The van der Waals surface area contributed by atoms with Gasteiger partial charge < -0.3 is 0 Å². The van der Waals surface area contributed by atoms with Gasteiger partial charge in [0.2, 0.25) is 0 Å². The van der Waals surface area contributed by atoms with Crippen LogP contribution in [0, 0.1) is 11.8 Å². The highest BCUT2D eigenvalue weighted by atomic mass is 35.5. The maximum Gasteiger partial charge on any atom is 0.274 e. The summed E-state index contributed by atoms with van der Waals surface area (Å²) in [6.07, 6.45) is 0. The third-order valence-electron chi connectivity index (χ3n) is 6.91. The highest BCUT2D eigenvalue weighted by Crippen LogP contribution is 2.77. The minimum atomic E-state index is -2.15. The van der Waals surface area contributed by atoms with Crippen molar-refractivity contribution in [3.8, 4) is 0 Å². The number of carbonyl (C=O) groups is 4. The first-order valence-electron chi connectivity index (χ1n) is 10.8. The normalized spacial score (nSPS) is 29.2. The Morgan fingerprint density at radius 1 is 0.816 bits per heavy atom. The molecule has 14 heteroatoms. The molecule has 0 unspecified atom stereocenters. The van der Waals surface area contributed by atoms with E-state index in [1.54, 1.807) is 18.2 Å². The van der Waals surface area contributed by atoms with Crippen LogP contribution in [-0.4, -0.2) is 54.1 Å². The summed E-state index contributed by atoms with van der Waals surface area (Å²) in [6.45, 7) is -0.717. The zero-order valence-corrected chi connectivity index (χ0v) is 24.6. The molecule has 6 nitrogen and oxygen atoms in total. The van der Waals surface area contributed by atoms with Gasteiger partial charge in [0, 0.05) is 10.6 Å². The number of halogens is 8. The Morgan fingerprint density at radius 3 is 1.84 bits per heavy atom. The van der Waals surface area contributed by atoms with E-state index in [0.29, 0.717) is 10.0 Å². The zero-order valence-electron chi connectivity index (χ0n) is 18.5. The highest BCUT2D eigenvalue weighted by molar-refractivity contribution is 6.66. The molecule has 0 spiro atoms. The number of hydrazine groups is 1. The van der Waals surface area contributed by atoms with Crippen molar-refractivity contribution in [2.45, 2.75) is 14.1 Å². The number of hydrogen-bond acceptors (Lipinski definition) is 4. The first kappa shape index (κ1) is 28.3. The summed E-state index contributed by atoms with van der Waals surface area (Å²) < 4.78 is -2.15. The maximum atomic E-state index is 13.9. The van der Waals surface area contributed by atoms with Crippen molar-refractivity contribution in [1.82, 2.24) is 10.0 Å². The molecule has 1 heterocycles. The van der Waals surface area contributed by atoms with Crippen molar-refractivity contribution in [1.29, 1.82) is 0 Å². The van der Waals surface area contributed by atoms with Crippen LogP contribution >= 0.6 is 92.8 Å². The number of nitrogens with zero attached hydrogens (tertiary/aromatic N) is 2. The second kappa shape index (κ2) is 9.42. The predicted octanol–water partition coefficient (Wildman–Crippen LogP) is 6.68. The van der Waals surface area contributed by atoms with Crippen LogP contribution in [0.25, 0.3) is 0 Å². The molecule has 2 aliphatic carbocycles. The topological polar surface area (TPSA) is 74.8 Å². The van der Waals surface area contributed by atoms with Gasteiger partial charge in [0.25, 0.3) is 17.7 Å². The van der Waals surface area contributed by atoms with E-state index in [2.05, 4.69) is 0 Å². The molecule has 1 aliphatic heterocycles. The first-order chi connectivity index (χ1) is 17.7. The average Bonchev–Trinajstić information content (AvgIpc) is 3.26. The molecule has 0 aromatic heterocycles. The smallest absolute Gasteiger partial charge is 0.274 e. The number of amides is 3. The third kappa shape index (κ3) is 3.55. The summed E-state index contributed by atoms with van der Waals surface area (Å²) in [5, 5.41) is 0.782. The summed E-state index contributed by atoms with van der Waals surface area (Å²) in [5.74, 6) is -6.51. The van der Waals surface area contributed by atoms with Gasteiger partial charge in [0.1, 0.15) is 16.3 Å². The number of benzene rings is 2. The van der Waals surface area contributed by atoms with Crippen molar-refractivity contribution < 1.29 is 19.2 Å². The Labute approximate surface area is 256 Å². The molecule has 2 aromatic rings. The number of imide groups is 1. The van der Waals surface area contributed by atoms with E-state index in [4.69, 9.17) is 92.8 Å². The fourth-order valence-corrected chi connectivity index (χ4v) is 8.52. The van der Waals surface area contributed by atoms with E-state index in [1.165, 1.54) is 30.3 Å². The maximum absolute atomic E-state index is 13.9. The lowest BCUT2D eigenvalue weighted by Crippen LogP contribution is -2.56. The quantitative estimate of drug-likeness (QED) is 0.201. The van der Waals surface area contributed by atoms with Crippen LogP contribution in [0.3, 0.4) is 0 Å². The molecule has 198 valence electrons. The molecule has 0 radical (unpaired) electrons. The number of rotatable bonds is 5. The molecule has 2 bridgehead atoms. The molecule has 1 saturated heterocycles. The van der Waals surface area contributed by atoms with Crippen LogP contribution in [0.4, 0.5) is 0 Å². The Morgan fingerprint density at radius 2 is 1.34 bits per heavy atom. The van der Waals surface area contributed by atoms with Gasteiger partial charge in [-0.05, 0) is 18.2 Å². The number of allylic oxidation sites excluding steroid dienone is 2. The van der Waals surface area contributed by atoms with Gasteiger partial charge in [-0.3, -0.25) is 19.2 Å². The fraction of sp³-hybridized carbons (Fsp3) is 0.250. The Bertz CT molecular complexity index is 1420. The predicted molar refractivity (Wildman–Crippen MR) is 147 cm³/mol. The monoisotopic (exact) mass is 672 g/mol. The van der Waals surface area contributed by atoms with Crippen molar-refractivity contribution in [2.75, 3.05) is 6.54 Å². The van der Waals surface area contributed by atoms with E-state index >= 15 is 0 Å². The molecule has 3 amide bonds. The van der Waals surface area contributed by atoms with Crippen LogP contribution in [0.15, 0.2) is 58.6 Å². The average molecular weight is 676 g/mol. The summed E-state index contributed by atoms with van der Waals surface area (Å²) in [6, 6.07) is 12.0. The van der Waals surface area contributed by atoms with E-state index < -0.39 is 56.0 Å². The lowest BCUT2D eigenvalue weighted by Gasteiger charge is -2.36. The Kier molecular flexibility index (Phi) is 7.02. The lowest BCUT2D eigenvalue weighted by atomic mass is 9.84. The summed E-state index contributed by atoms with van der Waals surface area (Å²) in [4.78, 5) is 50.5. The fourth-order valence-electron chi connectivity index (χ4n) is 5.10. The largest absolute Gasteiger partial charge is 0.292 e. The van der Waals surface area contributed by atoms with E-state index in [1.807, 2.05) is 0 Å². The molecule has 0 N–H and O–H groups in total. The van der Waals surface area contributed by atoms with Crippen molar-refractivity contribution in [3.63, 3.8) is 0 Å². The van der Waals surface area contributed by atoms with Crippen molar-refractivity contribution in [2.24, 2.45) is 11.8 Å². The molecule has 1 saturated carbocycles. The third-order valence-corrected chi connectivity index (χ3v) is 11.7. The van der Waals surface area contributed by atoms with Gasteiger partial charge in [-0.2, -0.15) is 5.01 Å². The second-order valence-electron chi connectivity index (χ2n) is 8.85. The molecule has 3 aliphatic rings. The number of hydrogen-bond donors (Lipinski definition) is 0. The summed E-state index contributed by atoms with van der Waals surface area (Å²) in [5.41, 5.74) is 0.0970. The Balaban J connectivity index is 1.62. The number of alkyl halides is 4. The first-order valence-corrected chi connectivity index (χ1v) is 13.8. The van der Waals surface area contributed by atoms with Gasteiger partial charge in [0.05, 0.1) is 32.5 Å². The van der Waals surface area contributed by atoms with E-state index in [-0.39, 0.29) is 31.2 Å². The molecule has 5 rings (SSSR count). The van der Waals surface area contributed by atoms with Crippen LogP contribution in [0.1, 0.15) is 20.7 Å². The number of Topliss-reactive ketones (excluding diaryl/α,β-unsaturated/α-hetero) is 1. The minimum Gasteiger partial charge on any atom is -0.292 e. The van der Waals surface area contributed by atoms with Gasteiger partial charge in [-0.15, -0.1) is 23.2 Å². The van der Waals surface area contributed by atoms with Crippen LogP contribution in [-0.2, 0) is 9.59 Å². The molecular weight excluding hydrogens is 664 g/mol. The molecule has 4 atom stereocenters.